The minimum Gasteiger partial charge on any atom is -0.484 e. The van der Waals surface area contributed by atoms with Crippen LogP contribution in [0.25, 0.3) is 22.5 Å². The topological polar surface area (TPSA) is 133 Å². The molecule has 0 spiro atoms. The van der Waals surface area contributed by atoms with Crippen LogP contribution < -0.4 is 15.4 Å². The van der Waals surface area contributed by atoms with Crippen LogP contribution in [0.2, 0.25) is 0 Å². The average molecular weight is 694 g/mol. The van der Waals surface area contributed by atoms with Gasteiger partial charge in [-0.05, 0) is 82.7 Å². The second-order valence-corrected chi connectivity index (χ2v) is 14.6. The van der Waals surface area contributed by atoms with Crippen molar-refractivity contribution in [1.29, 1.82) is 0 Å². The van der Waals surface area contributed by atoms with Gasteiger partial charge in [-0.2, -0.15) is 5.10 Å². The van der Waals surface area contributed by atoms with Crippen molar-refractivity contribution in [3.05, 3.63) is 72.2 Å². The molecule has 1 atom stereocenters. The lowest BCUT2D eigenvalue weighted by atomic mass is 10.0. The molecular formula is C39H47N7O5. The normalized spacial score (nSPS) is 17.9. The molecule has 4 aromatic rings. The minimum absolute atomic E-state index is 0.0137. The van der Waals surface area contributed by atoms with E-state index in [0.717, 1.165) is 85.2 Å². The van der Waals surface area contributed by atoms with Gasteiger partial charge in [0, 0.05) is 54.2 Å². The van der Waals surface area contributed by atoms with Crippen LogP contribution in [0.15, 0.2) is 60.9 Å². The van der Waals surface area contributed by atoms with Crippen molar-refractivity contribution in [3.63, 3.8) is 0 Å². The van der Waals surface area contributed by atoms with Crippen molar-refractivity contribution in [1.82, 2.24) is 30.0 Å². The number of amides is 2. The van der Waals surface area contributed by atoms with Gasteiger partial charge in [0.25, 0.3) is 5.91 Å². The van der Waals surface area contributed by atoms with E-state index in [1.54, 1.807) is 4.90 Å². The van der Waals surface area contributed by atoms with E-state index < -0.39 is 5.60 Å². The Kier molecular flexibility index (Phi) is 10.2. The summed E-state index contributed by atoms with van der Waals surface area (Å²) in [6.45, 7) is 7.10. The highest BCUT2D eigenvalue weighted by atomic mass is 16.6. The van der Waals surface area contributed by atoms with Gasteiger partial charge in [0.15, 0.2) is 12.4 Å². The fourth-order valence-corrected chi connectivity index (χ4v) is 6.80. The molecule has 2 aromatic heterocycles. The number of rotatable bonds is 9. The summed E-state index contributed by atoms with van der Waals surface area (Å²) in [6.07, 6.45) is 11.6. The lowest BCUT2D eigenvalue weighted by Crippen LogP contribution is -2.40. The Balaban J connectivity index is 1.12. The van der Waals surface area contributed by atoms with Crippen molar-refractivity contribution in [2.45, 2.75) is 96.6 Å². The van der Waals surface area contributed by atoms with Crippen LogP contribution in [-0.2, 0) is 27.2 Å². The number of hydrogen-bond acceptors (Lipinski definition) is 9. The fraction of sp³-hybridized carbons (Fsp3) is 0.462. The summed E-state index contributed by atoms with van der Waals surface area (Å²) < 4.78 is 19.4. The molecule has 268 valence electrons. The molecule has 7 rings (SSSR count). The number of aromatic nitrogens is 4. The van der Waals surface area contributed by atoms with Gasteiger partial charge < -0.3 is 29.7 Å². The number of carbonyl (C=O) groups is 2. The largest absolute Gasteiger partial charge is 0.484 e. The monoisotopic (exact) mass is 693 g/mol. The maximum Gasteiger partial charge on any atom is 0.410 e. The third-order valence-corrected chi connectivity index (χ3v) is 9.43. The molecule has 3 aliphatic rings. The first-order chi connectivity index (χ1) is 24.7. The van der Waals surface area contributed by atoms with Crippen molar-refractivity contribution >= 4 is 23.5 Å². The first kappa shape index (κ1) is 34.5. The average Bonchev–Trinajstić information content (AvgIpc) is 3.84. The fourth-order valence-electron chi connectivity index (χ4n) is 6.80. The molecule has 2 fully saturated rings. The van der Waals surface area contributed by atoms with Crippen molar-refractivity contribution < 1.29 is 23.8 Å². The van der Waals surface area contributed by atoms with E-state index in [9.17, 15) is 9.59 Å². The van der Waals surface area contributed by atoms with E-state index >= 15 is 0 Å². The van der Waals surface area contributed by atoms with Crippen LogP contribution in [0.1, 0.15) is 83.2 Å². The summed E-state index contributed by atoms with van der Waals surface area (Å²) in [5.74, 6) is 1.59. The highest BCUT2D eigenvalue weighted by Crippen LogP contribution is 2.32. The molecule has 2 amide bonds. The molecule has 2 aliphatic heterocycles. The van der Waals surface area contributed by atoms with Crippen LogP contribution in [0.4, 0.5) is 16.3 Å². The number of fused-ring (bicyclic) bond motifs is 1. The van der Waals surface area contributed by atoms with Crippen molar-refractivity contribution in [3.8, 4) is 28.3 Å². The Hall–Kier alpha value is -4.97. The standard InChI is InChI=1S/C39H47N7O5/c1-39(2,3)51-38(48)45-19-18-33-32(24-45)37(42-30-16-14-26(15-17-30)28-22-40-46(23-28)35-13-6-7-20-49-35)44-36(43-33)27-9-8-12-31(21-27)50-25-34(47)41-29-10-4-5-11-29/h8-9,12,14-17,21-23,29,35H,4-7,10-11,13,18-20,24-25H2,1-3H3,(H,41,47)(H,42,43,44). The van der Waals surface area contributed by atoms with E-state index in [1.807, 2.05) is 74.2 Å². The van der Waals surface area contributed by atoms with Crippen LogP contribution in [0.5, 0.6) is 5.75 Å². The number of nitrogens with one attached hydrogen (secondary N) is 2. The molecule has 1 unspecified atom stereocenters. The second-order valence-electron chi connectivity index (χ2n) is 14.6. The zero-order chi connectivity index (χ0) is 35.4. The Morgan fingerprint density at radius 2 is 1.76 bits per heavy atom. The first-order valence-corrected chi connectivity index (χ1v) is 18.1. The third-order valence-electron chi connectivity index (χ3n) is 9.43. The number of benzene rings is 2. The van der Waals surface area contributed by atoms with Crippen LogP contribution >= 0.6 is 0 Å². The van der Waals surface area contributed by atoms with Gasteiger partial charge in [0.05, 0.1) is 18.4 Å². The number of carbonyl (C=O) groups excluding carboxylic acids is 2. The third kappa shape index (κ3) is 8.68. The maximum absolute atomic E-state index is 13.1. The van der Waals surface area contributed by atoms with Crippen molar-refractivity contribution in [2.24, 2.45) is 0 Å². The van der Waals surface area contributed by atoms with E-state index in [-0.39, 0.29) is 30.9 Å². The molecule has 1 aliphatic carbocycles. The summed E-state index contributed by atoms with van der Waals surface area (Å²) in [5, 5.41) is 11.2. The zero-order valence-electron chi connectivity index (χ0n) is 29.7. The zero-order valence-corrected chi connectivity index (χ0v) is 29.7. The predicted molar refractivity (Wildman–Crippen MR) is 193 cm³/mol. The maximum atomic E-state index is 13.1. The van der Waals surface area contributed by atoms with E-state index in [4.69, 9.17) is 24.2 Å². The molecule has 4 heterocycles. The molecule has 12 heteroatoms. The van der Waals surface area contributed by atoms with Gasteiger partial charge in [-0.15, -0.1) is 0 Å². The SMILES string of the molecule is CC(C)(C)OC(=O)N1CCc2nc(-c3cccc(OCC(=O)NC4CCCC4)c3)nc(Nc3ccc(-c4cnn(C5CCCCO5)c4)cc3)c2C1. The van der Waals surface area contributed by atoms with E-state index in [1.165, 1.54) is 0 Å². The summed E-state index contributed by atoms with van der Waals surface area (Å²) in [4.78, 5) is 37.3. The lowest BCUT2D eigenvalue weighted by Gasteiger charge is -2.31. The summed E-state index contributed by atoms with van der Waals surface area (Å²) >= 11 is 0. The predicted octanol–water partition coefficient (Wildman–Crippen LogP) is 7.18. The number of nitrogens with zero attached hydrogens (tertiary/aromatic N) is 5. The minimum atomic E-state index is -0.606. The Morgan fingerprint density at radius 1 is 0.961 bits per heavy atom. The quantitative estimate of drug-likeness (QED) is 0.187. The van der Waals surface area contributed by atoms with Crippen LogP contribution in [0, 0.1) is 0 Å². The smallest absolute Gasteiger partial charge is 0.410 e. The molecule has 0 bridgehead atoms. The highest BCUT2D eigenvalue weighted by Gasteiger charge is 2.29. The van der Waals surface area contributed by atoms with Crippen LogP contribution in [0.3, 0.4) is 0 Å². The van der Waals surface area contributed by atoms with Gasteiger partial charge in [-0.25, -0.2) is 19.4 Å². The molecule has 51 heavy (non-hydrogen) atoms. The first-order valence-electron chi connectivity index (χ1n) is 18.1. The summed E-state index contributed by atoms with van der Waals surface area (Å²) in [6, 6.07) is 15.9. The number of ether oxygens (including phenoxy) is 3. The number of anilines is 2. The van der Waals surface area contributed by atoms with E-state index in [2.05, 4.69) is 27.9 Å². The lowest BCUT2D eigenvalue weighted by molar-refractivity contribution is -0.123. The molecule has 1 saturated heterocycles. The van der Waals surface area contributed by atoms with Crippen molar-refractivity contribution in [2.75, 3.05) is 25.1 Å². The molecule has 1 saturated carbocycles. The Bertz CT molecular complexity index is 1840. The summed E-state index contributed by atoms with van der Waals surface area (Å²) in [7, 11) is 0. The van der Waals surface area contributed by atoms with Gasteiger partial charge in [-0.1, -0.05) is 37.1 Å². The molecule has 0 radical (unpaired) electrons. The van der Waals surface area contributed by atoms with Crippen LogP contribution in [-0.4, -0.2) is 68.1 Å². The molecule has 2 aromatic carbocycles. The Labute approximate surface area is 298 Å². The van der Waals surface area contributed by atoms with Gasteiger partial charge in [0.1, 0.15) is 23.4 Å². The second kappa shape index (κ2) is 15.1. The Morgan fingerprint density at radius 3 is 2.53 bits per heavy atom. The number of hydrogen-bond donors (Lipinski definition) is 2. The summed E-state index contributed by atoms with van der Waals surface area (Å²) in [5.41, 5.74) is 4.75. The van der Waals surface area contributed by atoms with Gasteiger partial charge >= 0.3 is 6.09 Å². The highest BCUT2D eigenvalue weighted by molar-refractivity contribution is 5.78. The molecular weight excluding hydrogens is 646 g/mol. The molecule has 12 nitrogen and oxygen atoms in total. The van der Waals surface area contributed by atoms with E-state index in [0.29, 0.717) is 36.9 Å². The van der Waals surface area contributed by atoms with Gasteiger partial charge in [0.2, 0.25) is 0 Å². The van der Waals surface area contributed by atoms with Gasteiger partial charge in [-0.3, -0.25) is 4.79 Å². The molecule has 2 N–H and O–H groups in total.